The number of ether oxygens (including phenoxy) is 1. The molecule has 1 aliphatic carbocycles. The van der Waals surface area contributed by atoms with Crippen molar-refractivity contribution in [1.82, 2.24) is 10.3 Å². The lowest BCUT2D eigenvalue weighted by Gasteiger charge is -2.25. The van der Waals surface area contributed by atoms with Gasteiger partial charge < -0.3 is 15.2 Å². The lowest BCUT2D eigenvalue weighted by atomic mass is 9.85. The number of carbonyl (C=O) groups is 1. The maximum absolute atomic E-state index is 12.1. The highest BCUT2D eigenvalue weighted by molar-refractivity contribution is 5.80. The van der Waals surface area contributed by atoms with E-state index in [0.717, 1.165) is 32.1 Å². The average Bonchev–Trinajstić information content (AvgIpc) is 2.58. The molecule has 0 spiro atoms. The molecule has 0 aliphatic heterocycles. The normalized spacial score (nSPS) is 17.3. The molecule has 5 nitrogen and oxygen atoms in total. The van der Waals surface area contributed by atoms with Crippen molar-refractivity contribution < 1.29 is 27.8 Å². The third-order valence-electron chi connectivity index (χ3n) is 4.01. The first kappa shape index (κ1) is 18.5. The van der Waals surface area contributed by atoms with Crippen molar-refractivity contribution in [3.05, 3.63) is 23.9 Å². The fraction of sp³-hybridized carbons (Fsp3) is 0.625. The molecule has 1 aliphatic rings. The molecular weight excluding hydrogens is 325 g/mol. The van der Waals surface area contributed by atoms with Gasteiger partial charge in [-0.1, -0.05) is 19.3 Å². The molecule has 24 heavy (non-hydrogen) atoms. The van der Waals surface area contributed by atoms with E-state index in [1.807, 2.05) is 0 Å². The van der Waals surface area contributed by atoms with Crippen molar-refractivity contribution in [2.24, 2.45) is 5.92 Å². The van der Waals surface area contributed by atoms with Gasteiger partial charge in [0.25, 0.3) is 0 Å². The predicted octanol–water partition coefficient (Wildman–Crippen LogP) is 2.58. The monoisotopic (exact) mass is 346 g/mol. The van der Waals surface area contributed by atoms with E-state index in [4.69, 9.17) is 0 Å². The number of carbonyl (C=O) groups excluding carboxylic acids is 1. The number of amides is 1. The second-order valence-electron chi connectivity index (χ2n) is 5.97. The average molecular weight is 346 g/mol. The molecule has 1 saturated carbocycles. The van der Waals surface area contributed by atoms with Gasteiger partial charge in [0.2, 0.25) is 11.8 Å². The molecule has 2 rings (SSSR count). The Kier molecular flexibility index (Phi) is 6.42. The van der Waals surface area contributed by atoms with E-state index in [1.54, 1.807) is 6.07 Å². The molecule has 0 bridgehead atoms. The zero-order valence-electron chi connectivity index (χ0n) is 13.2. The number of hydrogen-bond donors (Lipinski definition) is 2. The minimum absolute atomic E-state index is 0.0260. The first-order chi connectivity index (χ1) is 11.3. The van der Waals surface area contributed by atoms with Crippen molar-refractivity contribution in [3.8, 4) is 5.88 Å². The van der Waals surface area contributed by atoms with Gasteiger partial charge >= 0.3 is 6.18 Å². The summed E-state index contributed by atoms with van der Waals surface area (Å²) < 4.78 is 40.9. The van der Waals surface area contributed by atoms with Crippen molar-refractivity contribution in [3.63, 3.8) is 0 Å². The number of alkyl halides is 3. The Morgan fingerprint density at radius 2 is 2.08 bits per heavy atom. The van der Waals surface area contributed by atoms with E-state index in [0.29, 0.717) is 5.56 Å². The highest BCUT2D eigenvalue weighted by Gasteiger charge is 2.29. The number of rotatable bonds is 6. The van der Waals surface area contributed by atoms with Gasteiger partial charge in [-0.05, 0) is 30.4 Å². The lowest BCUT2D eigenvalue weighted by Crippen LogP contribution is -2.39. The predicted molar refractivity (Wildman–Crippen MR) is 80.2 cm³/mol. The molecule has 1 aromatic rings. The van der Waals surface area contributed by atoms with Crippen LogP contribution >= 0.6 is 0 Å². The Bertz CT molecular complexity index is 546. The van der Waals surface area contributed by atoms with Crippen LogP contribution in [0.3, 0.4) is 0 Å². The summed E-state index contributed by atoms with van der Waals surface area (Å²) in [4.78, 5) is 15.7. The van der Waals surface area contributed by atoms with Crippen LogP contribution in [0.5, 0.6) is 5.88 Å². The Morgan fingerprint density at radius 1 is 1.38 bits per heavy atom. The summed E-state index contributed by atoms with van der Waals surface area (Å²) in [5.41, 5.74) is 0.548. The number of pyridine rings is 1. The summed E-state index contributed by atoms with van der Waals surface area (Å²) in [6.07, 6.45) is 0.647. The first-order valence-electron chi connectivity index (χ1n) is 7.95. The number of aromatic nitrogens is 1. The molecule has 2 N–H and O–H groups in total. The molecule has 0 saturated heterocycles. The number of nitrogens with zero attached hydrogens (tertiary/aromatic N) is 1. The van der Waals surface area contributed by atoms with Crippen molar-refractivity contribution in [2.45, 2.75) is 50.9 Å². The van der Waals surface area contributed by atoms with Crippen LogP contribution in [0.4, 0.5) is 13.2 Å². The number of halogens is 3. The summed E-state index contributed by atoms with van der Waals surface area (Å²) in [5.74, 6) is -0.648. The van der Waals surface area contributed by atoms with Gasteiger partial charge in [-0.3, -0.25) is 4.79 Å². The lowest BCUT2D eigenvalue weighted by molar-refractivity contribution is -0.154. The third kappa shape index (κ3) is 5.99. The Balaban J connectivity index is 1.83. The van der Waals surface area contributed by atoms with Crippen LogP contribution in [-0.2, 0) is 11.3 Å². The number of aliphatic hydroxyl groups excluding tert-OH is 1. The summed E-state index contributed by atoms with van der Waals surface area (Å²) in [6.45, 7) is -1.33. The fourth-order valence-electron chi connectivity index (χ4n) is 2.75. The van der Waals surface area contributed by atoms with Gasteiger partial charge in [-0.25, -0.2) is 4.98 Å². The second kappa shape index (κ2) is 8.32. The molecule has 8 heteroatoms. The quantitative estimate of drug-likeness (QED) is 0.831. The summed E-state index contributed by atoms with van der Waals surface area (Å²) >= 11 is 0. The maximum atomic E-state index is 12.1. The van der Waals surface area contributed by atoms with Gasteiger partial charge in [0.1, 0.15) is 6.10 Å². The molecule has 1 amide bonds. The van der Waals surface area contributed by atoms with Crippen molar-refractivity contribution in [1.29, 1.82) is 0 Å². The highest BCUT2D eigenvalue weighted by atomic mass is 19.4. The van der Waals surface area contributed by atoms with Crippen molar-refractivity contribution >= 4 is 5.91 Å². The molecule has 1 atom stereocenters. The summed E-state index contributed by atoms with van der Waals surface area (Å²) in [7, 11) is 0. The van der Waals surface area contributed by atoms with Gasteiger partial charge in [0.05, 0.1) is 0 Å². The molecular formula is C16H21F3N2O3. The zero-order chi connectivity index (χ0) is 17.6. The van der Waals surface area contributed by atoms with E-state index in [2.05, 4.69) is 15.0 Å². The minimum Gasteiger partial charge on any atom is -0.468 e. The van der Waals surface area contributed by atoms with E-state index in [9.17, 15) is 23.1 Å². The Hall–Kier alpha value is -1.83. The summed E-state index contributed by atoms with van der Waals surface area (Å²) in [5, 5.41) is 12.7. The second-order valence-corrected chi connectivity index (χ2v) is 5.97. The molecule has 0 radical (unpaired) electrons. The summed E-state index contributed by atoms with van der Waals surface area (Å²) in [6, 6.07) is 2.90. The van der Waals surface area contributed by atoms with E-state index in [1.165, 1.54) is 12.3 Å². The fourth-order valence-corrected chi connectivity index (χ4v) is 2.75. The first-order valence-corrected chi connectivity index (χ1v) is 7.95. The third-order valence-corrected chi connectivity index (χ3v) is 4.01. The standard InChI is InChI=1S/C16H21F3N2O3/c17-16(18,19)10-24-13-8-11(6-7-20-13)9-21-15(23)14(22)12-4-2-1-3-5-12/h6-8,12,14,22H,1-5,9-10H2,(H,21,23)/t14-/m0/s1. The maximum Gasteiger partial charge on any atom is 0.422 e. The van der Waals surface area contributed by atoms with Crippen LogP contribution in [0.25, 0.3) is 0 Å². The topological polar surface area (TPSA) is 71.5 Å². The molecule has 1 heterocycles. The highest BCUT2D eigenvalue weighted by Crippen LogP contribution is 2.26. The minimum atomic E-state index is -4.43. The van der Waals surface area contributed by atoms with Gasteiger partial charge in [0.15, 0.2) is 6.61 Å². The Morgan fingerprint density at radius 3 is 2.75 bits per heavy atom. The van der Waals surface area contributed by atoms with Crippen LogP contribution in [0, 0.1) is 5.92 Å². The van der Waals surface area contributed by atoms with Crippen LogP contribution in [-0.4, -0.2) is 34.9 Å². The number of aliphatic hydroxyl groups is 1. The largest absolute Gasteiger partial charge is 0.468 e. The molecule has 134 valence electrons. The molecule has 0 unspecified atom stereocenters. The smallest absolute Gasteiger partial charge is 0.422 e. The van der Waals surface area contributed by atoms with Gasteiger partial charge in [0, 0.05) is 18.8 Å². The molecule has 1 fully saturated rings. The SMILES string of the molecule is O=C(NCc1ccnc(OCC(F)(F)F)c1)[C@@H](O)C1CCCCC1. The Labute approximate surface area is 138 Å². The number of nitrogens with one attached hydrogen (secondary N) is 1. The van der Waals surface area contributed by atoms with E-state index < -0.39 is 24.8 Å². The zero-order valence-corrected chi connectivity index (χ0v) is 13.2. The van der Waals surface area contributed by atoms with Crippen LogP contribution in [0.2, 0.25) is 0 Å². The van der Waals surface area contributed by atoms with Crippen LogP contribution < -0.4 is 10.1 Å². The van der Waals surface area contributed by atoms with Crippen LogP contribution in [0.15, 0.2) is 18.3 Å². The molecule has 0 aromatic carbocycles. The molecule has 1 aromatic heterocycles. The van der Waals surface area contributed by atoms with Gasteiger partial charge in [-0.15, -0.1) is 0 Å². The number of hydrogen-bond acceptors (Lipinski definition) is 4. The van der Waals surface area contributed by atoms with E-state index in [-0.39, 0.29) is 18.3 Å². The van der Waals surface area contributed by atoms with Gasteiger partial charge in [-0.2, -0.15) is 13.2 Å². The van der Waals surface area contributed by atoms with Crippen molar-refractivity contribution in [2.75, 3.05) is 6.61 Å². The van der Waals surface area contributed by atoms with Crippen LogP contribution in [0.1, 0.15) is 37.7 Å². The van der Waals surface area contributed by atoms with E-state index >= 15 is 0 Å².